The van der Waals surface area contributed by atoms with Crippen LogP contribution in [0.15, 0.2) is 48.5 Å². The van der Waals surface area contributed by atoms with Crippen LogP contribution in [0.25, 0.3) is 33.8 Å². The minimum atomic E-state index is -0.362. The molecule has 18 nitrogen and oxygen atoms in total. The summed E-state index contributed by atoms with van der Waals surface area (Å²) >= 11 is 0. The van der Waals surface area contributed by atoms with Crippen molar-refractivity contribution in [2.75, 3.05) is 21.3 Å². The highest BCUT2D eigenvalue weighted by atomic mass is 16.5. The molecular weight excluding hydrogens is 781 g/mol. The third kappa shape index (κ3) is 6.40. The lowest BCUT2D eigenvalue weighted by Gasteiger charge is -2.09. The normalized spacial score (nSPS) is 11.3. The average Bonchev–Trinajstić information content (AvgIpc) is 3.85. The smallest absolute Gasteiger partial charge is 0.214 e. The Morgan fingerprint density at radius 3 is 1.26 bits per heavy atom. The molecule has 61 heavy (non-hydrogen) atoms. The van der Waals surface area contributed by atoms with E-state index in [0.29, 0.717) is 62.0 Å². The number of carbonyl (C=O) groups excluding carboxylic acids is 3. The van der Waals surface area contributed by atoms with Gasteiger partial charge < -0.3 is 14.2 Å². The van der Waals surface area contributed by atoms with Gasteiger partial charge in [0.25, 0.3) is 0 Å². The number of aromatic nitrogens is 6. The molecule has 0 bridgehead atoms. The van der Waals surface area contributed by atoms with Crippen molar-refractivity contribution in [3.05, 3.63) is 122 Å². The number of ketones is 3. The van der Waals surface area contributed by atoms with Gasteiger partial charge in [-0.3, -0.25) is 14.4 Å². The van der Waals surface area contributed by atoms with Gasteiger partial charge in [0, 0.05) is 33.4 Å². The second kappa shape index (κ2) is 15.7. The molecule has 3 heterocycles. The van der Waals surface area contributed by atoms with Gasteiger partial charge in [0.05, 0.1) is 21.3 Å². The van der Waals surface area contributed by atoms with Crippen molar-refractivity contribution in [3.8, 4) is 87.4 Å². The number of benzene rings is 3. The van der Waals surface area contributed by atoms with Crippen LogP contribution >= 0.6 is 0 Å². The summed E-state index contributed by atoms with van der Waals surface area (Å²) in [6.45, 7) is 1.83. The first-order valence-electron chi connectivity index (χ1n) is 17.4. The number of aryl methyl sites for hydroxylation is 1. The second-order valence-electron chi connectivity index (χ2n) is 12.7. The predicted molar refractivity (Wildman–Crippen MR) is 205 cm³/mol. The highest BCUT2D eigenvalue weighted by Gasteiger charge is 2.35. The fourth-order valence-electron chi connectivity index (χ4n) is 6.66. The van der Waals surface area contributed by atoms with E-state index < -0.39 is 0 Å². The summed E-state index contributed by atoms with van der Waals surface area (Å²) in [6.07, 6.45) is 0. The first-order valence-corrected chi connectivity index (χ1v) is 17.4. The van der Waals surface area contributed by atoms with E-state index in [-0.39, 0.29) is 74.3 Å². The number of rotatable bonds is 3. The largest absolute Gasteiger partial charge is 0.497 e. The van der Waals surface area contributed by atoms with E-state index in [1.165, 1.54) is 27.4 Å². The first kappa shape index (κ1) is 39.5. The molecule has 0 spiro atoms. The van der Waals surface area contributed by atoms with E-state index in [2.05, 4.69) is 29.9 Å². The molecule has 3 aromatic carbocycles. The summed E-state index contributed by atoms with van der Waals surface area (Å²) in [7, 11) is 4.46. The zero-order chi connectivity index (χ0) is 43.7. The van der Waals surface area contributed by atoms with Crippen LogP contribution in [0.5, 0.6) is 17.2 Å². The Balaban J connectivity index is 0.000000138. The second-order valence-corrected chi connectivity index (χ2v) is 12.7. The number of fused-ring (bicyclic) bond motifs is 9. The lowest BCUT2D eigenvalue weighted by molar-refractivity contribution is 0.103. The Bertz CT molecular complexity index is 3260. The molecule has 0 saturated heterocycles. The molecule has 9 rings (SSSR count). The standard InChI is InChI=1S/C15H8N4O3.C14H6N4O2.C14H6N4O/c1-21-11-3-7-8(4-12(11)22-2)15(20)14-13(7)18-9(5-16)10(6-17)19-14;1-20-7-2-3-8-9(4-7)12-13(14(8)19)18-11(6-16)10(5-15)17-12;1-7-3-2-4-8-11(7)14(19)13-12(8)17-9(5-15)10(6-16)18-13/h3-4H,1-2H3;2-4H,1H3;2-4H,1H3. The molecule has 0 saturated carbocycles. The van der Waals surface area contributed by atoms with Crippen LogP contribution in [0.4, 0.5) is 0 Å². The molecule has 0 atom stereocenters. The summed E-state index contributed by atoms with van der Waals surface area (Å²) in [6, 6.07) is 24.3. The van der Waals surface area contributed by atoms with Gasteiger partial charge in [0.2, 0.25) is 17.3 Å². The van der Waals surface area contributed by atoms with Crippen molar-refractivity contribution >= 4 is 17.3 Å². The lowest BCUT2D eigenvalue weighted by Crippen LogP contribution is -2.04. The Morgan fingerprint density at radius 2 is 0.820 bits per heavy atom. The minimum absolute atomic E-state index is 0.0524. The third-order valence-corrected chi connectivity index (χ3v) is 9.47. The molecule has 0 N–H and O–H groups in total. The molecule has 18 heteroatoms. The number of hydrogen-bond acceptors (Lipinski definition) is 18. The van der Waals surface area contributed by atoms with Gasteiger partial charge in [-0.15, -0.1) is 0 Å². The van der Waals surface area contributed by atoms with Crippen molar-refractivity contribution in [3.63, 3.8) is 0 Å². The van der Waals surface area contributed by atoms with Gasteiger partial charge in [-0.25, -0.2) is 29.9 Å². The molecular formula is C43H20N12O6. The Hall–Kier alpha value is -9.75. The number of hydrogen-bond donors (Lipinski definition) is 0. The first-order chi connectivity index (χ1) is 29.5. The monoisotopic (exact) mass is 800 g/mol. The molecule has 0 unspecified atom stereocenters. The molecule has 3 aliphatic rings. The number of carbonyl (C=O) groups is 3. The topological polar surface area (TPSA) is 299 Å². The molecule has 0 fully saturated rings. The van der Waals surface area contributed by atoms with E-state index in [1.54, 1.807) is 48.5 Å². The van der Waals surface area contributed by atoms with Crippen molar-refractivity contribution < 1.29 is 28.6 Å². The summed E-state index contributed by atoms with van der Waals surface area (Å²) in [5.41, 5.74) is 4.55. The summed E-state index contributed by atoms with van der Waals surface area (Å²) in [4.78, 5) is 61.1. The van der Waals surface area contributed by atoms with Crippen LogP contribution in [0.3, 0.4) is 0 Å². The SMILES string of the molecule is COc1cc2c(cc1OC)-c1nc(C#N)c(C#N)nc1C2=O.COc1ccc2c(c1)-c1nc(C#N)c(C#N)nc1C2=O.Cc1cccc2c1C(=O)c1nc(C#N)c(C#N)nc1-2. The summed E-state index contributed by atoms with van der Waals surface area (Å²) in [5, 5.41) is 53.8. The lowest BCUT2D eigenvalue weighted by atomic mass is 10.0. The number of methoxy groups -OCH3 is 3. The van der Waals surface area contributed by atoms with Gasteiger partial charge in [-0.1, -0.05) is 18.2 Å². The molecule has 0 amide bonds. The number of ether oxygens (including phenoxy) is 3. The maximum Gasteiger partial charge on any atom is 0.214 e. The molecule has 3 aromatic heterocycles. The zero-order valence-corrected chi connectivity index (χ0v) is 31.9. The minimum Gasteiger partial charge on any atom is -0.497 e. The van der Waals surface area contributed by atoms with E-state index in [1.807, 2.05) is 37.3 Å². The summed E-state index contributed by atoms with van der Waals surface area (Å²) in [5.74, 6) is 0.520. The maximum absolute atomic E-state index is 12.4. The molecule has 0 aliphatic heterocycles. The maximum atomic E-state index is 12.4. The Morgan fingerprint density at radius 1 is 0.426 bits per heavy atom. The highest BCUT2D eigenvalue weighted by molar-refractivity contribution is 6.22. The van der Waals surface area contributed by atoms with Crippen LogP contribution in [0, 0.1) is 74.9 Å². The number of nitriles is 6. The van der Waals surface area contributed by atoms with Crippen LogP contribution in [0.1, 0.15) is 87.9 Å². The molecule has 288 valence electrons. The van der Waals surface area contributed by atoms with Crippen LogP contribution in [0.2, 0.25) is 0 Å². The van der Waals surface area contributed by atoms with Crippen LogP contribution < -0.4 is 14.2 Å². The average molecular weight is 801 g/mol. The third-order valence-electron chi connectivity index (χ3n) is 9.47. The molecule has 3 aliphatic carbocycles. The highest BCUT2D eigenvalue weighted by Crippen LogP contribution is 2.42. The van der Waals surface area contributed by atoms with Crippen molar-refractivity contribution in [2.45, 2.75) is 6.92 Å². The van der Waals surface area contributed by atoms with E-state index in [4.69, 9.17) is 45.8 Å². The predicted octanol–water partition coefficient (Wildman–Crippen LogP) is 4.63. The van der Waals surface area contributed by atoms with Gasteiger partial charge in [0.1, 0.15) is 76.3 Å². The van der Waals surface area contributed by atoms with E-state index >= 15 is 0 Å². The van der Waals surface area contributed by atoms with Crippen molar-refractivity contribution in [1.29, 1.82) is 31.6 Å². The van der Waals surface area contributed by atoms with E-state index in [0.717, 1.165) is 5.56 Å². The fourth-order valence-corrected chi connectivity index (χ4v) is 6.66. The van der Waals surface area contributed by atoms with Crippen molar-refractivity contribution in [2.24, 2.45) is 0 Å². The summed E-state index contributed by atoms with van der Waals surface area (Å²) < 4.78 is 15.5. The quantitative estimate of drug-likeness (QED) is 0.235. The van der Waals surface area contributed by atoms with Crippen LogP contribution in [-0.2, 0) is 0 Å². The van der Waals surface area contributed by atoms with E-state index in [9.17, 15) is 14.4 Å². The van der Waals surface area contributed by atoms with Crippen molar-refractivity contribution in [1.82, 2.24) is 29.9 Å². The fraction of sp³-hybridized carbons (Fsp3) is 0.0930. The Kier molecular flexibility index (Phi) is 10.1. The molecule has 6 aromatic rings. The van der Waals surface area contributed by atoms with Gasteiger partial charge >= 0.3 is 0 Å². The Labute approximate surface area is 344 Å². The van der Waals surface area contributed by atoms with Gasteiger partial charge in [-0.2, -0.15) is 31.6 Å². The van der Waals surface area contributed by atoms with Gasteiger partial charge in [-0.05, 0) is 42.8 Å². The van der Waals surface area contributed by atoms with Crippen LogP contribution in [-0.4, -0.2) is 68.6 Å². The van der Waals surface area contributed by atoms with Gasteiger partial charge in [0.15, 0.2) is 45.7 Å². The molecule has 0 radical (unpaired) electrons. The number of nitrogens with zero attached hydrogens (tertiary/aromatic N) is 12. The zero-order valence-electron chi connectivity index (χ0n) is 31.9.